The number of esters is 2. The van der Waals surface area contributed by atoms with Crippen molar-refractivity contribution in [3.8, 4) is 0 Å². The van der Waals surface area contributed by atoms with Gasteiger partial charge in [-0.1, -0.05) is 37.9 Å². The summed E-state index contributed by atoms with van der Waals surface area (Å²) in [4.78, 5) is 43.4. The second-order valence-electron chi connectivity index (χ2n) is 21.2. The number of hydrogen-bond acceptors (Lipinski definition) is 15. The molecular formula is C53H71B3Br4F4FeO19S. The maximum absolute atomic E-state index is 13.9. The second-order valence-corrected chi connectivity index (χ2v) is 23.8. The van der Waals surface area contributed by atoms with E-state index < -0.39 is 89.9 Å². The van der Waals surface area contributed by atoms with Gasteiger partial charge in [0.2, 0.25) is 0 Å². The van der Waals surface area contributed by atoms with Gasteiger partial charge in [0.25, 0.3) is 0 Å². The zero-order valence-electron chi connectivity index (χ0n) is 50.2. The van der Waals surface area contributed by atoms with Crippen LogP contribution in [0, 0.1) is 51.0 Å². The number of carbonyl (C=O) groups is 4. The average Bonchev–Trinajstić information content (AvgIpc) is 2.23. The molecule has 0 radical (unpaired) electrons. The predicted molar refractivity (Wildman–Crippen MR) is 325 cm³/mol. The second kappa shape index (κ2) is 34.6. The Kier molecular flexibility index (Phi) is 34.1. The molecule has 0 amide bonds. The summed E-state index contributed by atoms with van der Waals surface area (Å²) < 4.78 is 130. The van der Waals surface area contributed by atoms with E-state index in [4.69, 9.17) is 60.8 Å². The van der Waals surface area contributed by atoms with Crippen LogP contribution in [0.5, 0.6) is 0 Å². The van der Waals surface area contributed by atoms with Crippen LogP contribution in [0.15, 0.2) is 63.5 Å². The number of benzene rings is 4. The third-order valence-electron chi connectivity index (χ3n) is 13.5. The summed E-state index contributed by atoms with van der Waals surface area (Å²) in [6, 6.07) is 11.9. The van der Waals surface area contributed by atoms with Crippen LogP contribution in [0.1, 0.15) is 147 Å². The van der Waals surface area contributed by atoms with Crippen LogP contribution in [0.2, 0.25) is 0 Å². The first kappa shape index (κ1) is 83.8. The summed E-state index contributed by atoms with van der Waals surface area (Å²) >= 11 is 11.8. The minimum Gasteiger partial charge on any atom is -0.478 e. The number of carbonyl (C=O) groups excluding carboxylic acids is 2. The largest absolute Gasteiger partial charge is 0.495 e. The van der Waals surface area contributed by atoms with Crippen molar-refractivity contribution < 1.29 is 124 Å². The van der Waals surface area contributed by atoms with Crippen molar-refractivity contribution in [1.29, 1.82) is 0 Å². The van der Waals surface area contributed by atoms with Crippen LogP contribution in [0.25, 0.3) is 0 Å². The summed E-state index contributed by atoms with van der Waals surface area (Å²) in [5.74, 6) is -6.44. The van der Waals surface area contributed by atoms with Gasteiger partial charge in [0, 0.05) is 61.4 Å². The Hall–Kier alpha value is -3.30. The molecule has 19 nitrogen and oxygen atoms in total. The summed E-state index contributed by atoms with van der Waals surface area (Å²) in [5.41, 5.74) is 0.235. The first-order valence-electron chi connectivity index (χ1n) is 24.6. The molecule has 476 valence electrons. The standard InChI is InChI=1S/C15H20BFO4.C12H24B2O4.C9H8BrFO2.C8H6BrFO2.C8H7FO2.CH4O.Br2.Fe.H2O4S/c1-9-7-12(17)10(13(18)19-6)8-11(9)16-20-14(2,3)15(4,5)21-16;1-9(2)10(3,4)16-13(15-9)14-17-11(5,6)12(7,8)18-14;1-5-3-8(11)6(4-7(5)10)9(12)13-2;1-4-2-7(10)5(8(11)12)3-6(4)9;1-5-2-3-6(8(10)11)7(9)4-5;2*1-2;;1-5(2,3)4/h7-8H,1-6H3;1-8H3;3-4H,1-2H3;2-3H,1H3,(H,11,12);2-4H,1H3,(H,10,11);2H,1H3;;;(H2,1,2,3,4). The fourth-order valence-electron chi connectivity index (χ4n) is 6.70. The first-order valence-corrected chi connectivity index (χ1v) is 31.3. The molecule has 5 N–H and O–H groups in total. The molecule has 0 atom stereocenters. The van der Waals surface area contributed by atoms with E-state index in [1.807, 2.05) is 83.1 Å². The molecule has 7 rings (SSSR count). The Labute approximate surface area is 538 Å². The van der Waals surface area contributed by atoms with Gasteiger partial charge < -0.3 is 52.7 Å². The van der Waals surface area contributed by atoms with Crippen LogP contribution in [0.4, 0.5) is 17.6 Å². The van der Waals surface area contributed by atoms with Gasteiger partial charge in [-0.15, -0.1) is 0 Å². The summed E-state index contributed by atoms with van der Waals surface area (Å²) in [5, 5.41) is 23.9. The topological polar surface area (TPSA) is 277 Å². The number of halogens is 8. The van der Waals surface area contributed by atoms with Crippen LogP contribution in [-0.2, 0) is 64.9 Å². The molecule has 0 aromatic heterocycles. The van der Waals surface area contributed by atoms with E-state index in [-0.39, 0.29) is 61.7 Å². The van der Waals surface area contributed by atoms with Gasteiger partial charge in [-0.05, 0) is 187 Å². The first-order chi connectivity index (χ1) is 38.2. The summed E-state index contributed by atoms with van der Waals surface area (Å²) in [7, 11) is -2.82. The van der Waals surface area contributed by atoms with Gasteiger partial charge in [-0.2, -0.15) is 8.42 Å². The van der Waals surface area contributed by atoms with Gasteiger partial charge in [-0.3, -0.25) is 9.11 Å². The van der Waals surface area contributed by atoms with Crippen molar-refractivity contribution in [1.82, 2.24) is 0 Å². The molecule has 3 saturated heterocycles. The predicted octanol–water partition coefficient (Wildman–Crippen LogP) is 12.2. The number of rotatable bonds is 6. The number of hydrogen-bond donors (Lipinski definition) is 5. The van der Waals surface area contributed by atoms with Crippen molar-refractivity contribution in [2.75, 3.05) is 21.3 Å². The van der Waals surface area contributed by atoms with Crippen LogP contribution in [0.3, 0.4) is 0 Å². The average molecular weight is 1530 g/mol. The van der Waals surface area contributed by atoms with E-state index in [9.17, 15) is 36.7 Å². The molecule has 0 unspecified atom stereocenters. The van der Waals surface area contributed by atoms with E-state index >= 15 is 0 Å². The zero-order chi connectivity index (χ0) is 66.2. The van der Waals surface area contributed by atoms with Crippen LogP contribution < -0.4 is 5.46 Å². The van der Waals surface area contributed by atoms with Gasteiger partial charge >= 0.3 is 55.4 Å². The number of aromatic carboxylic acids is 2. The number of carboxylic acids is 2. The van der Waals surface area contributed by atoms with E-state index in [1.165, 1.54) is 62.8 Å². The minimum absolute atomic E-state index is 0. The van der Waals surface area contributed by atoms with Crippen molar-refractivity contribution in [2.24, 2.45) is 0 Å². The monoisotopic (exact) mass is 1520 g/mol. The molecule has 32 heteroatoms. The number of aliphatic hydroxyl groups excluding tert-OH is 1. The van der Waals surface area contributed by atoms with E-state index in [0.29, 0.717) is 31.1 Å². The molecule has 3 fully saturated rings. The molecule has 3 aliphatic rings. The Bertz CT molecular complexity index is 2960. The molecule has 0 bridgehead atoms. The Balaban J connectivity index is 0. The van der Waals surface area contributed by atoms with E-state index in [2.05, 4.69) is 69.6 Å². The minimum atomic E-state index is -4.67. The van der Waals surface area contributed by atoms with E-state index in [1.54, 1.807) is 33.8 Å². The van der Waals surface area contributed by atoms with Crippen LogP contribution in [-0.4, -0.2) is 133 Å². The number of methoxy groups -OCH3 is 2. The van der Waals surface area contributed by atoms with Crippen LogP contribution >= 0.6 is 60.1 Å². The zero-order valence-corrected chi connectivity index (χ0v) is 58.4. The fraction of sp³-hybridized carbons (Fsp3) is 0.472. The SMILES string of the molecule is BrBr.CC1(C)OB(B2OC(C)(C)C(C)(C)O2)OC1(C)C.CO.COC(=O)c1cc(B2OC(C)(C)C(C)(C)O2)c(C)cc1F.COC(=O)c1cc(Br)c(C)cc1F.Cc1cc(F)c(C(=O)O)cc1Br.Cc1ccc(C(=O)O)c(F)c1.O=S(=O)(O)O.[Fe]. The molecule has 85 heavy (non-hydrogen) atoms. The molecule has 0 aliphatic carbocycles. The Morgan fingerprint density at radius 3 is 1.06 bits per heavy atom. The third kappa shape index (κ3) is 24.5. The van der Waals surface area contributed by atoms with Crippen molar-refractivity contribution >= 4 is 121 Å². The Morgan fingerprint density at radius 2 is 0.753 bits per heavy atom. The maximum atomic E-state index is 13.9. The van der Waals surface area contributed by atoms with Crippen molar-refractivity contribution in [3.63, 3.8) is 0 Å². The molecule has 3 heterocycles. The third-order valence-corrected chi connectivity index (χ3v) is 15.2. The molecule has 4 aromatic rings. The van der Waals surface area contributed by atoms with Gasteiger partial charge in [-0.25, -0.2) is 36.7 Å². The maximum Gasteiger partial charge on any atom is 0.495 e. The Morgan fingerprint density at radius 1 is 0.482 bits per heavy atom. The summed E-state index contributed by atoms with van der Waals surface area (Å²) in [6.45, 7) is 30.9. The van der Waals surface area contributed by atoms with Gasteiger partial charge in [0.1, 0.15) is 23.3 Å². The number of ether oxygens (including phenoxy) is 2. The molecule has 0 saturated carbocycles. The van der Waals surface area contributed by atoms with E-state index in [0.717, 1.165) is 12.7 Å². The molecule has 4 aromatic carbocycles. The summed E-state index contributed by atoms with van der Waals surface area (Å²) in [6.07, 6.45) is 0. The normalized spacial score (nSPS) is 16.6. The van der Waals surface area contributed by atoms with Crippen molar-refractivity contribution in [2.45, 2.75) is 144 Å². The number of carboxylic acid groups (broad SMARTS) is 2. The number of aryl methyl sites for hydroxylation is 4. The quantitative estimate of drug-likeness (QED) is 0.0519. The molecular weight excluding hydrogens is 1460 g/mol. The van der Waals surface area contributed by atoms with Crippen molar-refractivity contribution in [3.05, 3.63) is 131 Å². The fourth-order valence-corrected chi connectivity index (χ4v) is 7.38. The van der Waals surface area contributed by atoms with Gasteiger partial charge in [0.05, 0.1) is 70.1 Å². The smallest absolute Gasteiger partial charge is 0.478 e. The molecule has 3 aliphatic heterocycles. The number of aliphatic hydroxyl groups is 1. The molecule has 0 spiro atoms. The van der Waals surface area contributed by atoms with Gasteiger partial charge in [0.15, 0.2) is 0 Å².